The van der Waals surface area contributed by atoms with Gasteiger partial charge in [0.15, 0.2) is 0 Å². The van der Waals surface area contributed by atoms with Crippen LogP contribution in [0.4, 0.5) is 24.5 Å². The highest BCUT2D eigenvalue weighted by atomic mass is 32.2. The van der Waals surface area contributed by atoms with Crippen LogP contribution in [0.15, 0.2) is 53.4 Å². The molecule has 3 N–H and O–H groups in total. The van der Waals surface area contributed by atoms with Gasteiger partial charge >= 0.3 is 6.18 Å². The molecule has 1 amide bonds. The van der Waals surface area contributed by atoms with E-state index in [0.29, 0.717) is 12.1 Å². The zero-order valence-corrected chi connectivity index (χ0v) is 14.7. The van der Waals surface area contributed by atoms with Gasteiger partial charge in [-0.3, -0.25) is 4.79 Å². The van der Waals surface area contributed by atoms with Crippen molar-refractivity contribution in [2.45, 2.75) is 23.5 Å². The molecule has 2 aromatic rings. The van der Waals surface area contributed by atoms with Crippen molar-refractivity contribution in [2.75, 3.05) is 16.8 Å². The van der Waals surface area contributed by atoms with Gasteiger partial charge in [-0.1, -0.05) is 6.07 Å². The number of anilines is 2. The number of rotatable bonds is 4. The van der Waals surface area contributed by atoms with Crippen LogP contribution in [0.2, 0.25) is 0 Å². The first-order valence-electron chi connectivity index (χ1n) is 7.94. The van der Waals surface area contributed by atoms with Gasteiger partial charge in [0.1, 0.15) is 6.04 Å². The lowest BCUT2D eigenvalue weighted by molar-refractivity contribution is -0.137. The Hall–Kier alpha value is -2.59. The molecule has 1 fully saturated rings. The van der Waals surface area contributed by atoms with E-state index < -0.39 is 27.8 Å². The molecule has 27 heavy (non-hydrogen) atoms. The quantitative estimate of drug-likeness (QED) is 0.827. The van der Waals surface area contributed by atoms with Crippen molar-refractivity contribution in [2.24, 2.45) is 5.14 Å². The first-order chi connectivity index (χ1) is 12.6. The van der Waals surface area contributed by atoms with E-state index in [1.807, 2.05) is 0 Å². The minimum absolute atomic E-state index is 0.0589. The summed E-state index contributed by atoms with van der Waals surface area (Å²) in [4.78, 5) is 13.8. The summed E-state index contributed by atoms with van der Waals surface area (Å²) in [6.45, 7) is 0.271. The van der Waals surface area contributed by atoms with Gasteiger partial charge in [-0.15, -0.1) is 0 Å². The number of sulfonamides is 1. The number of amides is 1. The monoisotopic (exact) mass is 399 g/mol. The molecule has 0 saturated carbocycles. The lowest BCUT2D eigenvalue weighted by Gasteiger charge is -2.19. The van der Waals surface area contributed by atoms with Crippen LogP contribution < -0.4 is 15.4 Å². The molecule has 2 aromatic carbocycles. The zero-order chi connectivity index (χ0) is 19.8. The molecule has 1 saturated heterocycles. The molecule has 10 heteroatoms. The van der Waals surface area contributed by atoms with Gasteiger partial charge in [0.25, 0.3) is 0 Å². The van der Waals surface area contributed by atoms with E-state index in [2.05, 4.69) is 5.32 Å². The zero-order valence-electron chi connectivity index (χ0n) is 13.9. The van der Waals surface area contributed by atoms with Gasteiger partial charge in [0, 0.05) is 17.9 Å². The van der Waals surface area contributed by atoms with Crippen LogP contribution in [0.3, 0.4) is 0 Å². The lowest BCUT2D eigenvalue weighted by Crippen LogP contribution is -2.33. The molecule has 6 nitrogen and oxygen atoms in total. The summed E-state index contributed by atoms with van der Waals surface area (Å²) in [6.07, 6.45) is -4.09. The van der Waals surface area contributed by atoms with Crippen LogP contribution in [-0.2, 0) is 21.0 Å². The fourth-order valence-electron chi connectivity index (χ4n) is 2.86. The molecule has 0 aromatic heterocycles. The standard InChI is InChI=1S/C17H16F3N3O3S/c18-17(19,20)11-2-1-3-13(10-11)23-9-8-15(16(23)24)22-12-4-6-14(7-5-12)27(21,25)26/h1-7,10,15,22H,8-9H2,(H2,21,25,26). The Kier molecular flexibility index (Phi) is 4.87. The third kappa shape index (κ3) is 4.22. The second kappa shape index (κ2) is 6.86. The van der Waals surface area contributed by atoms with Crippen LogP contribution in [0.5, 0.6) is 0 Å². The highest BCUT2D eigenvalue weighted by Gasteiger charge is 2.35. The number of primary sulfonamides is 1. The Morgan fingerprint density at radius 2 is 1.78 bits per heavy atom. The molecular weight excluding hydrogens is 383 g/mol. The fraction of sp³-hybridized carbons (Fsp3) is 0.235. The SMILES string of the molecule is NS(=O)(=O)c1ccc(NC2CCN(c3cccc(C(F)(F)F)c3)C2=O)cc1. The van der Waals surface area contributed by atoms with E-state index in [1.165, 1.54) is 41.3 Å². The third-order valence-electron chi connectivity index (χ3n) is 4.21. The van der Waals surface area contributed by atoms with E-state index in [4.69, 9.17) is 5.14 Å². The number of nitrogens with two attached hydrogens (primary N) is 1. The first-order valence-corrected chi connectivity index (χ1v) is 9.48. The van der Waals surface area contributed by atoms with Gasteiger partial charge in [-0.2, -0.15) is 13.2 Å². The average molecular weight is 399 g/mol. The van der Waals surface area contributed by atoms with Crippen LogP contribution in [0.25, 0.3) is 0 Å². The summed E-state index contributed by atoms with van der Waals surface area (Å²) in [5, 5.41) is 7.99. The van der Waals surface area contributed by atoms with Crippen molar-refractivity contribution < 1.29 is 26.4 Å². The van der Waals surface area contributed by atoms with Gasteiger partial charge in [-0.05, 0) is 48.9 Å². The summed E-state index contributed by atoms with van der Waals surface area (Å²) in [7, 11) is -3.81. The predicted octanol–water partition coefficient (Wildman–Crippen LogP) is 2.57. The molecule has 0 spiro atoms. The number of nitrogens with one attached hydrogen (secondary N) is 1. The molecule has 1 heterocycles. The highest BCUT2D eigenvalue weighted by Crippen LogP contribution is 2.33. The normalized spacial score (nSPS) is 18.0. The third-order valence-corrected chi connectivity index (χ3v) is 5.14. The summed E-state index contributed by atoms with van der Waals surface area (Å²) in [6, 6.07) is 9.55. The summed E-state index contributed by atoms with van der Waals surface area (Å²) < 4.78 is 61.1. The lowest BCUT2D eigenvalue weighted by atomic mass is 10.2. The maximum atomic E-state index is 12.9. The number of carbonyl (C=O) groups excluding carboxylic acids is 1. The Balaban J connectivity index is 1.74. The average Bonchev–Trinajstić information content (AvgIpc) is 2.95. The van der Waals surface area contributed by atoms with E-state index in [-0.39, 0.29) is 23.0 Å². The van der Waals surface area contributed by atoms with E-state index in [1.54, 1.807) is 0 Å². The van der Waals surface area contributed by atoms with E-state index >= 15 is 0 Å². The first kappa shape index (κ1) is 19.2. The predicted molar refractivity (Wildman–Crippen MR) is 93.6 cm³/mol. The molecular formula is C17H16F3N3O3S. The molecule has 1 aliphatic heterocycles. The van der Waals surface area contributed by atoms with E-state index in [9.17, 15) is 26.4 Å². The molecule has 0 aliphatic carbocycles. The van der Waals surface area contributed by atoms with Gasteiger partial charge in [0.2, 0.25) is 15.9 Å². The Morgan fingerprint density at radius 3 is 2.37 bits per heavy atom. The Bertz CT molecular complexity index is 959. The van der Waals surface area contributed by atoms with E-state index in [0.717, 1.165) is 12.1 Å². The summed E-state index contributed by atoms with van der Waals surface area (Å²) >= 11 is 0. The highest BCUT2D eigenvalue weighted by molar-refractivity contribution is 7.89. The van der Waals surface area contributed by atoms with Crippen molar-refractivity contribution >= 4 is 27.3 Å². The van der Waals surface area contributed by atoms with Crippen molar-refractivity contribution in [3.63, 3.8) is 0 Å². The number of benzene rings is 2. The summed E-state index contributed by atoms with van der Waals surface area (Å²) in [5.41, 5.74) is -0.127. The second-order valence-electron chi connectivity index (χ2n) is 6.09. The van der Waals surface area contributed by atoms with Crippen LogP contribution in [-0.4, -0.2) is 26.9 Å². The number of hydrogen-bond donors (Lipinski definition) is 2. The number of carbonyl (C=O) groups is 1. The van der Waals surface area contributed by atoms with Gasteiger partial charge < -0.3 is 10.2 Å². The molecule has 1 unspecified atom stereocenters. The molecule has 1 aliphatic rings. The second-order valence-corrected chi connectivity index (χ2v) is 7.65. The van der Waals surface area contributed by atoms with Crippen molar-refractivity contribution in [3.8, 4) is 0 Å². The van der Waals surface area contributed by atoms with Crippen LogP contribution in [0.1, 0.15) is 12.0 Å². The maximum absolute atomic E-state index is 12.9. The fourth-order valence-corrected chi connectivity index (χ4v) is 3.38. The summed E-state index contributed by atoms with van der Waals surface area (Å²) in [5.74, 6) is -0.357. The molecule has 0 radical (unpaired) electrons. The smallest absolute Gasteiger partial charge is 0.374 e. The number of halogens is 3. The number of nitrogens with zero attached hydrogens (tertiary/aromatic N) is 1. The van der Waals surface area contributed by atoms with Crippen LogP contribution >= 0.6 is 0 Å². The molecule has 1 atom stereocenters. The van der Waals surface area contributed by atoms with Crippen molar-refractivity contribution in [1.29, 1.82) is 0 Å². The van der Waals surface area contributed by atoms with Crippen molar-refractivity contribution in [3.05, 3.63) is 54.1 Å². The number of alkyl halides is 3. The minimum atomic E-state index is -4.48. The topological polar surface area (TPSA) is 92.5 Å². The van der Waals surface area contributed by atoms with Gasteiger partial charge in [0.05, 0.1) is 10.5 Å². The van der Waals surface area contributed by atoms with Crippen molar-refractivity contribution in [1.82, 2.24) is 0 Å². The van der Waals surface area contributed by atoms with Crippen LogP contribution in [0, 0.1) is 0 Å². The molecule has 144 valence electrons. The molecule has 0 bridgehead atoms. The Morgan fingerprint density at radius 1 is 1.11 bits per heavy atom. The maximum Gasteiger partial charge on any atom is 0.416 e. The largest absolute Gasteiger partial charge is 0.416 e. The number of hydrogen-bond acceptors (Lipinski definition) is 4. The minimum Gasteiger partial charge on any atom is -0.374 e. The van der Waals surface area contributed by atoms with Gasteiger partial charge in [-0.25, -0.2) is 13.6 Å². The Labute approximate surface area is 153 Å². The molecule has 3 rings (SSSR count).